The Hall–Kier alpha value is -3.91. The number of Topliss-reactive ketones (excluding diaryl/α,β-unsaturated/α-hetero) is 3. The summed E-state index contributed by atoms with van der Waals surface area (Å²) in [5.41, 5.74) is 16.1. The maximum Gasteiger partial charge on any atom is 0.306 e. The molecule has 0 spiro atoms. The molecule has 0 aliphatic carbocycles. The predicted molar refractivity (Wildman–Crippen MR) is 201 cm³/mol. The molecule has 2 amide bonds. The van der Waals surface area contributed by atoms with Crippen LogP contribution >= 0.6 is 12.4 Å². The second-order valence-electron chi connectivity index (χ2n) is 11.8. The second-order valence-corrected chi connectivity index (χ2v) is 11.8. The first-order valence-electron chi connectivity index (χ1n) is 17.6. The zero-order chi connectivity index (χ0) is 41.0. The maximum absolute atomic E-state index is 11.9. The van der Waals surface area contributed by atoms with Crippen LogP contribution < -0.4 is 10.6 Å². The van der Waals surface area contributed by atoms with Crippen LogP contribution in [0.15, 0.2) is 10.2 Å². The summed E-state index contributed by atoms with van der Waals surface area (Å²) in [4.78, 5) is 74.3. The monoisotopic (exact) mass is 810 g/mol. The van der Waals surface area contributed by atoms with Gasteiger partial charge in [-0.05, 0) is 31.8 Å². The number of amides is 2. The Morgan fingerprint density at radius 3 is 1.18 bits per heavy atom. The lowest BCUT2D eigenvalue weighted by molar-refractivity contribution is -0.143. The quantitative estimate of drug-likeness (QED) is 0.0365. The number of nitrogens with one attached hydrogen (secondary N) is 2. The number of aliphatic carboxylic acids is 1. The largest absolute Gasteiger partial charge is 0.481 e. The highest BCUT2D eigenvalue weighted by Gasteiger charge is 2.22. The van der Waals surface area contributed by atoms with Crippen molar-refractivity contribution in [1.29, 1.82) is 0 Å². The summed E-state index contributed by atoms with van der Waals surface area (Å²) in [5.74, 6) is -3.31. The Balaban J connectivity index is -0.000000966. The molecule has 0 heterocycles. The summed E-state index contributed by atoms with van der Waals surface area (Å²) in [6, 6.07) is -1.36. The van der Waals surface area contributed by atoms with Crippen LogP contribution in [0.4, 0.5) is 0 Å². The van der Waals surface area contributed by atoms with Crippen molar-refractivity contribution >= 4 is 47.5 Å². The molecule has 0 radical (unpaired) electrons. The van der Waals surface area contributed by atoms with Gasteiger partial charge in [-0.15, -0.1) is 12.4 Å². The molecule has 0 bridgehead atoms. The van der Waals surface area contributed by atoms with E-state index in [2.05, 4.69) is 30.7 Å². The van der Waals surface area contributed by atoms with Crippen LogP contribution in [0, 0.1) is 11.8 Å². The molecule has 4 atom stereocenters. The molecule has 22 heteroatoms. The molecular weight excluding hydrogens is 752 g/mol. The molecule has 3 N–H and O–H groups in total. The molecular formula is C33H59ClN8O13. The van der Waals surface area contributed by atoms with E-state index in [-0.39, 0.29) is 92.9 Å². The molecule has 21 nitrogen and oxygen atoms in total. The molecule has 0 aromatic rings. The third kappa shape index (κ3) is 36.8. The van der Waals surface area contributed by atoms with Crippen molar-refractivity contribution in [2.24, 2.45) is 22.1 Å². The lowest BCUT2D eigenvalue weighted by Crippen LogP contribution is -2.39. The Labute approximate surface area is 327 Å². The molecule has 0 aliphatic heterocycles. The second kappa shape index (κ2) is 38.4. The van der Waals surface area contributed by atoms with Gasteiger partial charge in [-0.3, -0.25) is 28.8 Å². The van der Waals surface area contributed by atoms with Gasteiger partial charge in [0.05, 0.1) is 97.3 Å². The van der Waals surface area contributed by atoms with Gasteiger partial charge in [-0.2, -0.15) is 0 Å². The number of carbonyl (C=O) groups excluding carboxylic acids is 5. The van der Waals surface area contributed by atoms with Gasteiger partial charge in [0.15, 0.2) is 11.6 Å². The van der Waals surface area contributed by atoms with Gasteiger partial charge < -0.3 is 44.2 Å². The number of carboxylic acid groups (broad SMARTS) is 1. The minimum Gasteiger partial charge on any atom is -0.481 e. The van der Waals surface area contributed by atoms with Crippen molar-refractivity contribution in [1.82, 2.24) is 10.6 Å². The van der Waals surface area contributed by atoms with Gasteiger partial charge in [0, 0.05) is 54.5 Å². The number of carbonyl (C=O) groups is 6. The predicted octanol–water partition coefficient (Wildman–Crippen LogP) is 2.77. The number of ketones is 3. The van der Waals surface area contributed by atoms with Crippen LogP contribution in [0.5, 0.6) is 0 Å². The van der Waals surface area contributed by atoms with Crippen LogP contribution in [0.2, 0.25) is 0 Å². The fraction of sp³-hybridized carbons (Fsp3) is 0.818. The van der Waals surface area contributed by atoms with Crippen LogP contribution in [0.3, 0.4) is 0 Å². The number of halogens is 1. The van der Waals surface area contributed by atoms with Crippen LogP contribution in [0.1, 0.15) is 60.3 Å². The standard InChI is InChI=1S/C17H30N4O6.C16H28N4O7.ClH/c1-13(15(3)22)12-16(23)14(2)20-17(24)4-6-25-8-10-27-11-9-26-7-5-19-21-18;1-12(16(23)24)11-14(21)13(2)19-15(22)3-5-25-7-9-27-10-8-26-6-4-18-20-17;/h13-14H,4-12H2,1-3H3,(H,20,24);12-13H,3-11H2,1-2H3,(H,19,22)(H,23,24);1H. The van der Waals surface area contributed by atoms with E-state index in [1.165, 1.54) is 20.8 Å². The van der Waals surface area contributed by atoms with Crippen molar-refractivity contribution in [2.45, 2.75) is 72.4 Å². The normalized spacial score (nSPS) is 12.5. The summed E-state index contributed by atoms with van der Waals surface area (Å²) in [7, 11) is 0. The van der Waals surface area contributed by atoms with Gasteiger partial charge in [-0.1, -0.05) is 24.1 Å². The minimum absolute atomic E-state index is 0. The average molecular weight is 811 g/mol. The molecule has 0 rings (SSSR count). The van der Waals surface area contributed by atoms with Crippen molar-refractivity contribution in [3.63, 3.8) is 0 Å². The summed E-state index contributed by atoms with van der Waals surface area (Å²) in [5, 5.41) is 20.6. The Kier molecular flexibility index (Phi) is 38.7. The fourth-order valence-electron chi connectivity index (χ4n) is 3.69. The number of ether oxygens (including phenoxy) is 6. The topological polar surface area (TPSA) is 300 Å². The number of hydrogen-bond donors (Lipinski definition) is 3. The summed E-state index contributed by atoms with van der Waals surface area (Å²) in [6.07, 6.45) is 0.233. The average Bonchev–Trinajstić information content (AvgIpc) is 3.12. The molecule has 316 valence electrons. The highest BCUT2D eigenvalue weighted by Crippen LogP contribution is 2.07. The van der Waals surface area contributed by atoms with E-state index in [1.807, 2.05) is 0 Å². The highest BCUT2D eigenvalue weighted by molar-refractivity contribution is 5.92. The van der Waals surface area contributed by atoms with Gasteiger partial charge in [0.25, 0.3) is 0 Å². The van der Waals surface area contributed by atoms with E-state index in [9.17, 15) is 28.8 Å². The highest BCUT2D eigenvalue weighted by atomic mass is 35.5. The van der Waals surface area contributed by atoms with Crippen LogP contribution in [-0.2, 0) is 57.2 Å². The van der Waals surface area contributed by atoms with E-state index in [4.69, 9.17) is 44.6 Å². The van der Waals surface area contributed by atoms with Gasteiger partial charge >= 0.3 is 5.97 Å². The lowest BCUT2D eigenvalue weighted by atomic mass is 9.98. The number of carboxylic acids is 1. The molecule has 0 saturated heterocycles. The third-order valence-corrected chi connectivity index (χ3v) is 7.08. The molecule has 0 saturated carbocycles. The van der Waals surface area contributed by atoms with Gasteiger partial charge in [0.1, 0.15) is 5.78 Å². The van der Waals surface area contributed by atoms with Crippen LogP contribution in [-0.4, -0.2) is 145 Å². The molecule has 0 aliphatic rings. The first-order chi connectivity index (χ1) is 25.8. The smallest absolute Gasteiger partial charge is 0.306 e. The summed E-state index contributed by atoms with van der Waals surface area (Å²) >= 11 is 0. The van der Waals surface area contributed by atoms with E-state index < -0.39 is 24.0 Å². The summed E-state index contributed by atoms with van der Waals surface area (Å²) in [6.45, 7) is 12.4. The zero-order valence-corrected chi connectivity index (χ0v) is 33.3. The first kappa shape index (κ1) is 55.4. The Morgan fingerprint density at radius 2 is 0.873 bits per heavy atom. The minimum atomic E-state index is -1.04. The van der Waals surface area contributed by atoms with Crippen molar-refractivity contribution in [3.8, 4) is 0 Å². The van der Waals surface area contributed by atoms with E-state index in [0.29, 0.717) is 72.6 Å². The Bertz CT molecular complexity index is 1110. The SMILES string of the molecule is CC(=O)C(C)CC(=O)C(C)NC(=O)CCOCCOCCOCCN=[N+]=[N-].CC(CC(=O)C(C)NC(=O)CCOCCOCCOCCN=[N+]=[N-])C(=O)O.Cl. The Morgan fingerprint density at radius 1 is 0.564 bits per heavy atom. The fourth-order valence-corrected chi connectivity index (χ4v) is 3.69. The first-order valence-corrected chi connectivity index (χ1v) is 17.6. The maximum atomic E-state index is 11.9. The lowest BCUT2D eigenvalue weighted by Gasteiger charge is -2.15. The number of azide groups is 2. The molecule has 55 heavy (non-hydrogen) atoms. The summed E-state index contributed by atoms with van der Waals surface area (Å²) < 4.78 is 31.4. The van der Waals surface area contributed by atoms with E-state index in [0.717, 1.165) is 0 Å². The number of nitrogens with zero attached hydrogens (tertiary/aromatic N) is 6. The van der Waals surface area contributed by atoms with E-state index >= 15 is 0 Å². The van der Waals surface area contributed by atoms with E-state index in [1.54, 1.807) is 13.8 Å². The van der Waals surface area contributed by atoms with Crippen molar-refractivity contribution in [2.75, 3.05) is 92.4 Å². The molecule has 0 aromatic carbocycles. The molecule has 4 unspecified atom stereocenters. The third-order valence-electron chi connectivity index (χ3n) is 7.08. The number of rotatable bonds is 34. The van der Waals surface area contributed by atoms with Crippen molar-refractivity contribution in [3.05, 3.63) is 20.9 Å². The van der Waals surface area contributed by atoms with Crippen molar-refractivity contribution < 1.29 is 62.3 Å². The molecule has 0 fully saturated rings. The van der Waals surface area contributed by atoms with Gasteiger partial charge in [-0.25, -0.2) is 0 Å². The molecule has 0 aromatic heterocycles. The number of hydrogen-bond acceptors (Lipinski definition) is 14. The van der Waals surface area contributed by atoms with Gasteiger partial charge in [0.2, 0.25) is 11.8 Å². The zero-order valence-electron chi connectivity index (χ0n) is 32.5. The van der Waals surface area contributed by atoms with Crippen LogP contribution in [0.25, 0.3) is 20.9 Å².